The predicted molar refractivity (Wildman–Crippen MR) is 73.6 cm³/mol. The van der Waals surface area contributed by atoms with E-state index in [1.54, 1.807) is 6.20 Å². The van der Waals surface area contributed by atoms with Crippen LogP contribution >= 0.6 is 11.5 Å². The van der Waals surface area contributed by atoms with Gasteiger partial charge >= 0.3 is 0 Å². The molecule has 2 rings (SSSR count). The van der Waals surface area contributed by atoms with Crippen molar-refractivity contribution in [2.75, 3.05) is 6.54 Å². The van der Waals surface area contributed by atoms with Gasteiger partial charge in [-0.3, -0.25) is 4.98 Å². The molecule has 2 aromatic rings. The molecule has 4 nitrogen and oxygen atoms in total. The van der Waals surface area contributed by atoms with E-state index in [2.05, 4.69) is 26.8 Å². The molecule has 2 aromatic heterocycles. The molecule has 0 aromatic carbocycles. The third kappa shape index (κ3) is 3.33. The van der Waals surface area contributed by atoms with Gasteiger partial charge in [0.15, 0.2) is 0 Å². The minimum Gasteiger partial charge on any atom is -0.306 e. The summed E-state index contributed by atoms with van der Waals surface area (Å²) in [7, 11) is 0. The Morgan fingerprint density at radius 2 is 2.21 bits per heavy atom. The molecule has 6 heteroatoms. The normalized spacial score (nSPS) is 12.6. The first-order valence-corrected chi connectivity index (χ1v) is 7.18. The minimum atomic E-state index is -0.324. The van der Waals surface area contributed by atoms with Gasteiger partial charge in [0.1, 0.15) is 5.82 Å². The molecule has 0 aliphatic heterocycles. The van der Waals surface area contributed by atoms with Crippen LogP contribution in [0, 0.1) is 5.82 Å². The third-order valence-electron chi connectivity index (χ3n) is 2.80. The Labute approximate surface area is 116 Å². The number of rotatable bonds is 6. The van der Waals surface area contributed by atoms with Crippen molar-refractivity contribution in [3.63, 3.8) is 0 Å². The van der Waals surface area contributed by atoms with Crippen LogP contribution in [0.5, 0.6) is 0 Å². The van der Waals surface area contributed by atoms with Crippen molar-refractivity contribution >= 4 is 11.5 Å². The Bertz CT molecular complexity index is 529. The molecule has 2 heterocycles. The highest BCUT2D eigenvalue weighted by molar-refractivity contribution is 7.05. The SMILES string of the molecule is CCCc1nnsc1C(NCC)c1cncc(F)c1. The Hall–Kier alpha value is -1.40. The Morgan fingerprint density at radius 3 is 2.89 bits per heavy atom. The molecular weight excluding hydrogens is 263 g/mol. The zero-order valence-electron chi connectivity index (χ0n) is 11.1. The summed E-state index contributed by atoms with van der Waals surface area (Å²) in [6, 6.07) is 1.42. The van der Waals surface area contributed by atoms with Gasteiger partial charge in [0, 0.05) is 6.20 Å². The molecule has 0 aliphatic carbocycles. The van der Waals surface area contributed by atoms with Crippen LogP contribution in [0.3, 0.4) is 0 Å². The maximum absolute atomic E-state index is 13.3. The lowest BCUT2D eigenvalue weighted by Gasteiger charge is -2.17. The van der Waals surface area contributed by atoms with Gasteiger partial charge < -0.3 is 5.32 Å². The topological polar surface area (TPSA) is 50.7 Å². The first kappa shape index (κ1) is 14.0. The largest absolute Gasteiger partial charge is 0.306 e. The summed E-state index contributed by atoms with van der Waals surface area (Å²) in [6.07, 6.45) is 4.80. The second kappa shape index (κ2) is 6.68. The van der Waals surface area contributed by atoms with Gasteiger partial charge in [0.05, 0.1) is 22.8 Å². The molecule has 0 bridgehead atoms. The molecule has 1 unspecified atom stereocenters. The predicted octanol–water partition coefficient (Wildman–Crippen LogP) is 2.72. The van der Waals surface area contributed by atoms with Crippen LogP contribution in [0.15, 0.2) is 18.5 Å². The van der Waals surface area contributed by atoms with E-state index in [4.69, 9.17) is 0 Å². The summed E-state index contributed by atoms with van der Waals surface area (Å²) in [5, 5.41) is 7.52. The molecule has 0 radical (unpaired) electrons. The standard InChI is InChI=1S/C13H17FN4S/c1-3-5-11-13(19-18-17-11)12(16-4-2)9-6-10(14)8-15-7-9/h6-8,12,16H,3-5H2,1-2H3. The fourth-order valence-corrected chi connectivity index (χ4v) is 2.80. The second-order valence-corrected chi connectivity index (χ2v) is 5.05. The number of nitrogens with zero attached hydrogens (tertiary/aromatic N) is 3. The molecule has 0 fully saturated rings. The smallest absolute Gasteiger partial charge is 0.141 e. The van der Waals surface area contributed by atoms with Crippen molar-refractivity contribution in [2.45, 2.75) is 32.7 Å². The highest BCUT2D eigenvalue weighted by atomic mass is 32.1. The molecule has 19 heavy (non-hydrogen) atoms. The summed E-state index contributed by atoms with van der Waals surface area (Å²) in [6.45, 7) is 4.91. The first-order valence-electron chi connectivity index (χ1n) is 6.41. The lowest BCUT2D eigenvalue weighted by atomic mass is 10.0. The number of pyridine rings is 1. The summed E-state index contributed by atoms with van der Waals surface area (Å²) in [5.41, 5.74) is 1.80. The molecule has 0 amide bonds. The fraction of sp³-hybridized carbons (Fsp3) is 0.462. The van der Waals surface area contributed by atoms with Crippen molar-refractivity contribution in [1.29, 1.82) is 0 Å². The van der Waals surface area contributed by atoms with E-state index in [1.807, 2.05) is 6.92 Å². The van der Waals surface area contributed by atoms with Crippen LogP contribution in [0.2, 0.25) is 0 Å². The molecule has 0 aliphatic rings. The fourth-order valence-electron chi connectivity index (χ4n) is 2.00. The number of hydrogen-bond acceptors (Lipinski definition) is 5. The Kier molecular flexibility index (Phi) is 4.93. The molecule has 0 spiro atoms. The van der Waals surface area contributed by atoms with E-state index in [9.17, 15) is 4.39 Å². The van der Waals surface area contributed by atoms with Gasteiger partial charge in [-0.25, -0.2) is 4.39 Å². The van der Waals surface area contributed by atoms with Crippen LogP contribution in [0.4, 0.5) is 4.39 Å². The first-order chi connectivity index (χ1) is 9.26. The van der Waals surface area contributed by atoms with E-state index in [-0.39, 0.29) is 11.9 Å². The van der Waals surface area contributed by atoms with Crippen LogP contribution in [-0.2, 0) is 6.42 Å². The van der Waals surface area contributed by atoms with Crippen molar-refractivity contribution in [2.24, 2.45) is 0 Å². The third-order valence-corrected chi connectivity index (χ3v) is 3.63. The van der Waals surface area contributed by atoms with Crippen molar-refractivity contribution in [1.82, 2.24) is 19.9 Å². The van der Waals surface area contributed by atoms with Crippen molar-refractivity contribution in [3.8, 4) is 0 Å². The molecule has 1 atom stereocenters. The van der Waals surface area contributed by atoms with Gasteiger partial charge in [0.2, 0.25) is 0 Å². The number of aryl methyl sites for hydroxylation is 1. The maximum atomic E-state index is 13.3. The van der Waals surface area contributed by atoms with Crippen LogP contribution in [0.1, 0.15) is 42.4 Å². The molecule has 1 N–H and O–H groups in total. The number of nitrogens with one attached hydrogen (secondary N) is 1. The van der Waals surface area contributed by atoms with E-state index >= 15 is 0 Å². The van der Waals surface area contributed by atoms with E-state index in [0.717, 1.165) is 35.5 Å². The van der Waals surface area contributed by atoms with Gasteiger partial charge in [0.25, 0.3) is 0 Å². The average Bonchev–Trinajstić information content (AvgIpc) is 2.84. The Balaban J connectivity index is 2.36. The quantitative estimate of drug-likeness (QED) is 0.884. The Morgan fingerprint density at radius 1 is 1.37 bits per heavy atom. The van der Waals surface area contributed by atoms with Gasteiger partial charge in [-0.2, -0.15) is 0 Å². The average molecular weight is 280 g/mol. The zero-order valence-corrected chi connectivity index (χ0v) is 11.9. The molecule has 0 saturated carbocycles. The lowest BCUT2D eigenvalue weighted by molar-refractivity contribution is 0.596. The van der Waals surface area contributed by atoms with Crippen molar-refractivity contribution in [3.05, 3.63) is 40.4 Å². The van der Waals surface area contributed by atoms with Crippen LogP contribution in [-0.4, -0.2) is 21.1 Å². The highest BCUT2D eigenvalue weighted by Crippen LogP contribution is 2.27. The lowest BCUT2D eigenvalue weighted by Crippen LogP contribution is -2.22. The van der Waals surface area contributed by atoms with Gasteiger partial charge in [-0.05, 0) is 36.1 Å². The second-order valence-electron chi connectivity index (χ2n) is 4.26. The number of aromatic nitrogens is 3. The van der Waals surface area contributed by atoms with Gasteiger partial charge in [-0.15, -0.1) is 5.10 Å². The van der Waals surface area contributed by atoms with E-state index < -0.39 is 0 Å². The molecule has 102 valence electrons. The van der Waals surface area contributed by atoms with E-state index in [1.165, 1.54) is 23.8 Å². The highest BCUT2D eigenvalue weighted by Gasteiger charge is 2.20. The summed E-state index contributed by atoms with van der Waals surface area (Å²) >= 11 is 1.36. The van der Waals surface area contributed by atoms with E-state index in [0.29, 0.717) is 0 Å². The van der Waals surface area contributed by atoms with Crippen LogP contribution < -0.4 is 5.32 Å². The zero-order chi connectivity index (χ0) is 13.7. The monoisotopic (exact) mass is 280 g/mol. The number of halogens is 1. The summed E-state index contributed by atoms with van der Waals surface area (Å²) < 4.78 is 17.4. The minimum absolute atomic E-state index is 0.0882. The maximum Gasteiger partial charge on any atom is 0.141 e. The summed E-state index contributed by atoms with van der Waals surface area (Å²) in [4.78, 5) is 4.97. The summed E-state index contributed by atoms with van der Waals surface area (Å²) in [5.74, 6) is -0.324. The molecular formula is C13H17FN4S. The number of hydrogen-bond donors (Lipinski definition) is 1. The molecule has 0 saturated heterocycles. The van der Waals surface area contributed by atoms with Gasteiger partial charge in [-0.1, -0.05) is 24.8 Å². The van der Waals surface area contributed by atoms with Crippen molar-refractivity contribution < 1.29 is 4.39 Å². The van der Waals surface area contributed by atoms with Crippen LogP contribution in [0.25, 0.3) is 0 Å².